The second-order valence-corrected chi connectivity index (χ2v) is 42.4. The van der Waals surface area contributed by atoms with Crippen LogP contribution < -0.4 is 0 Å². The van der Waals surface area contributed by atoms with E-state index in [1.54, 1.807) is 30.3 Å². The van der Waals surface area contributed by atoms with Gasteiger partial charge in [-0.3, -0.25) is 14.5 Å². The number of para-hydroxylation sites is 12. The molecule has 28 nitrogen and oxygen atoms in total. The van der Waals surface area contributed by atoms with E-state index < -0.39 is 0 Å². The van der Waals surface area contributed by atoms with E-state index in [0.717, 1.165) is 147 Å². The van der Waals surface area contributed by atoms with Crippen LogP contribution in [-0.2, 0) is 41.0 Å². The fraction of sp³-hybridized carbons (Fsp3) is 0.246. The molecule has 1 aliphatic heterocycles. The summed E-state index contributed by atoms with van der Waals surface area (Å²) in [6.45, 7) is 38.6. The molecule has 26 aromatic rings. The van der Waals surface area contributed by atoms with Crippen LogP contribution in [0.4, 0.5) is 0 Å². The molecule has 14 aromatic carbocycles. The molecule has 0 saturated carbocycles. The number of imide groups is 1. The normalized spacial score (nSPS) is 13.1. The summed E-state index contributed by atoms with van der Waals surface area (Å²) >= 11 is 0. The number of nitrogens with zero attached hydrogens (tertiary/aromatic N) is 19. The SMILES string of the molecule is CC(C)(C)c1cc(-n2n3c4ccccc4n23)c(O)c(C(C)(C)C)c1.CCCCC(C)(C)c1cc(Cc2cc(C)c(C(C)(C)C)c(C)c2O)c(O)c(-n2n3c4ccccc4n23)c1.Cc1cc(CN2C(=O)c3ccccc3C2=O)c(O)c(-n2n3c4ccccc4n23)c1.Cc1cc(Cc2cc(C)cc(-n3n4c5ccccc5n34)c2O)c(O)c(-n2n3c4ccccc4n23)c1.Cc1ccc(O)c(-n2n3c4ccccc4n23)c1. The maximum absolute atomic E-state index is 12.7. The molecule has 720 valence electrons. The molecule has 0 unspecified atom stereocenters. The number of carbonyl (C=O) groups excluding carboxylic acids is 2. The summed E-state index contributed by atoms with van der Waals surface area (Å²) in [7, 11) is 0. The number of hydrogen-bond acceptors (Lipinski definition) is 9. The van der Waals surface area contributed by atoms with Crippen molar-refractivity contribution in [3.05, 3.63) is 349 Å². The quantitative estimate of drug-likeness (QED) is 0.0453. The van der Waals surface area contributed by atoms with E-state index in [0.29, 0.717) is 52.5 Å². The zero-order valence-electron chi connectivity index (χ0n) is 82.9. The van der Waals surface area contributed by atoms with E-state index in [1.807, 2.05) is 234 Å². The van der Waals surface area contributed by atoms with Crippen molar-refractivity contribution in [3.63, 3.8) is 0 Å². The summed E-state index contributed by atoms with van der Waals surface area (Å²) in [4.78, 5) is 38.5. The van der Waals surface area contributed by atoms with Gasteiger partial charge in [-0.15, -0.1) is 84.3 Å². The third-order valence-corrected chi connectivity index (χ3v) is 28.7. The fourth-order valence-electron chi connectivity index (χ4n) is 21.3. The summed E-state index contributed by atoms with van der Waals surface area (Å²) in [5, 5.41) is 77.3. The van der Waals surface area contributed by atoms with Crippen LogP contribution in [0.5, 0.6) is 40.2 Å². The van der Waals surface area contributed by atoms with E-state index >= 15 is 0 Å². The maximum atomic E-state index is 12.7. The van der Waals surface area contributed by atoms with Gasteiger partial charge >= 0.3 is 0 Å². The van der Waals surface area contributed by atoms with Crippen molar-refractivity contribution in [1.29, 1.82) is 0 Å². The molecule has 0 aliphatic carbocycles. The molecule has 0 radical (unpaired) electrons. The molecule has 0 fully saturated rings. The Morgan fingerprint density at radius 2 is 0.570 bits per heavy atom. The summed E-state index contributed by atoms with van der Waals surface area (Å²) in [6.07, 6.45) is 4.26. The lowest BCUT2D eigenvalue weighted by Gasteiger charge is -2.28. The minimum atomic E-state index is -0.334. The lowest BCUT2D eigenvalue weighted by atomic mass is 9.78. The fourth-order valence-corrected chi connectivity index (χ4v) is 21.3. The number of aromatic nitrogens is 18. The number of phenols is 7. The zero-order chi connectivity index (χ0) is 99.3. The van der Waals surface area contributed by atoms with Crippen molar-refractivity contribution >= 4 is 78.0 Å². The monoisotopic (exact) mass is 1890 g/mol. The highest BCUT2D eigenvalue weighted by Crippen LogP contribution is 2.48. The molecule has 0 spiro atoms. The minimum Gasteiger partial charge on any atom is -0.507 e. The van der Waals surface area contributed by atoms with E-state index in [4.69, 9.17) is 0 Å². The Morgan fingerprint density at radius 1 is 0.275 bits per heavy atom. The Labute approximate surface area is 816 Å². The smallest absolute Gasteiger partial charge is 0.261 e. The van der Waals surface area contributed by atoms with Crippen LogP contribution in [0.15, 0.2) is 255 Å². The number of aromatic hydroxyl groups is 7. The van der Waals surface area contributed by atoms with Crippen molar-refractivity contribution in [1.82, 2.24) is 89.2 Å². The zero-order valence-corrected chi connectivity index (χ0v) is 82.9. The van der Waals surface area contributed by atoms with Gasteiger partial charge in [0.15, 0.2) is 0 Å². The molecule has 2 amide bonds. The van der Waals surface area contributed by atoms with Gasteiger partial charge in [-0.05, 0) is 253 Å². The van der Waals surface area contributed by atoms with Gasteiger partial charge in [0, 0.05) is 40.7 Å². The Bertz CT molecular complexity index is 8920. The number of amides is 2. The number of carbonyl (C=O) groups is 2. The predicted molar refractivity (Wildman–Crippen MR) is 555 cm³/mol. The lowest BCUT2D eigenvalue weighted by molar-refractivity contribution is 0.0641. The first-order valence-corrected chi connectivity index (χ1v) is 48.6. The summed E-state index contributed by atoms with van der Waals surface area (Å²) in [5.74, 6) is 1.12. The van der Waals surface area contributed by atoms with Gasteiger partial charge in [-0.1, -0.05) is 223 Å². The van der Waals surface area contributed by atoms with Crippen LogP contribution in [0.25, 0.3) is 100 Å². The third kappa shape index (κ3) is 14.0. The number of unbranched alkanes of at least 4 members (excludes halogenated alkanes) is 1. The topological polar surface area (TPSA) is 261 Å². The largest absolute Gasteiger partial charge is 0.507 e. The Morgan fingerprint density at radius 3 is 0.908 bits per heavy atom. The van der Waals surface area contributed by atoms with E-state index in [1.165, 1.54) is 49.2 Å². The highest BCUT2D eigenvalue weighted by atomic mass is 16.3. The Kier molecular flexibility index (Phi) is 19.9. The molecule has 1 aliphatic rings. The first-order chi connectivity index (χ1) is 67.8. The summed E-state index contributed by atoms with van der Waals surface area (Å²) < 4.78 is 24.4. The third-order valence-electron chi connectivity index (χ3n) is 28.7. The van der Waals surface area contributed by atoms with Gasteiger partial charge in [-0.25, -0.2) is 0 Å². The summed E-state index contributed by atoms with van der Waals surface area (Å²) in [5.41, 5.74) is 33.4. The van der Waals surface area contributed by atoms with Crippen molar-refractivity contribution in [2.24, 2.45) is 0 Å². The van der Waals surface area contributed by atoms with Crippen molar-refractivity contribution in [2.45, 2.75) is 185 Å². The van der Waals surface area contributed by atoms with Crippen LogP contribution in [-0.4, -0.2) is 137 Å². The van der Waals surface area contributed by atoms with Crippen LogP contribution in [0.1, 0.15) is 207 Å². The molecule has 27 rings (SSSR count). The Balaban J connectivity index is 0.000000101. The molecule has 13 heterocycles. The number of fused-ring (bicyclic) bond motifs is 25. The van der Waals surface area contributed by atoms with Crippen molar-refractivity contribution in [3.8, 4) is 74.4 Å². The number of aryl methyl sites for hydroxylation is 5. The van der Waals surface area contributed by atoms with E-state index in [2.05, 4.69) is 200 Å². The first kappa shape index (κ1) is 89.2. The highest BCUT2D eigenvalue weighted by Gasteiger charge is 2.40. The van der Waals surface area contributed by atoms with Crippen LogP contribution in [0.2, 0.25) is 0 Å². The Hall–Kier alpha value is -16.8. The van der Waals surface area contributed by atoms with E-state index in [-0.39, 0.29) is 63.0 Å². The van der Waals surface area contributed by atoms with Crippen molar-refractivity contribution < 1.29 is 45.3 Å². The molecular formula is C114H115N19O9. The average Bonchev–Trinajstić information content (AvgIpc) is 1.52. The van der Waals surface area contributed by atoms with Gasteiger partial charge in [0.1, 0.15) is 141 Å². The summed E-state index contributed by atoms with van der Waals surface area (Å²) in [6, 6.07) is 83.7. The molecule has 12 aromatic heterocycles. The number of phenolic OH excluding ortho intramolecular Hbond substituents is 7. The lowest BCUT2D eigenvalue weighted by Crippen LogP contribution is -2.29. The van der Waals surface area contributed by atoms with E-state index in [9.17, 15) is 45.3 Å². The average molecular weight is 1900 g/mol. The number of hydrogen-bond donors (Lipinski definition) is 7. The molecular weight excluding hydrogens is 1780 g/mol. The van der Waals surface area contributed by atoms with Crippen molar-refractivity contribution in [2.75, 3.05) is 0 Å². The molecule has 28 heteroatoms. The second kappa shape index (κ2) is 31.6. The van der Waals surface area contributed by atoms with Gasteiger partial charge in [0.05, 0.1) is 17.7 Å². The minimum absolute atomic E-state index is 0.0215. The first-order valence-electron chi connectivity index (χ1n) is 48.6. The van der Waals surface area contributed by atoms with Gasteiger partial charge < -0.3 is 35.7 Å². The van der Waals surface area contributed by atoms with Crippen LogP contribution in [0, 0.1) is 41.5 Å². The molecule has 7 N–H and O–H groups in total. The maximum Gasteiger partial charge on any atom is 0.261 e. The molecule has 0 saturated heterocycles. The van der Waals surface area contributed by atoms with Crippen LogP contribution >= 0.6 is 0 Å². The number of benzene rings is 14. The molecule has 0 bridgehead atoms. The van der Waals surface area contributed by atoms with Gasteiger partial charge in [0.25, 0.3) is 11.8 Å². The molecule has 0 atom stereocenters. The van der Waals surface area contributed by atoms with Crippen LogP contribution in [0.3, 0.4) is 0 Å². The standard InChI is InChI=1S/C32H41N3O2.C27H22N6O2.C22H16N4O3.C20H25N3O.C13H11N3O/c1-9-10-15-32(7,8)24-18-23(17-22-16-20(2)28(31(4,5)6)21(3)29(22)36)30(37)27(19-24)35-33-25-13-11-12-14-26(25)34(33)35;1-16-11-18(26(34)24(13-16)32-28-20-7-3-4-8-21(20)29(28)32)15-19-12-17(2)14-25(27(19)35)33-30-22-9-5-6-10-23(22)31(30)33;1-13-10-14(12-23-21(28)15-6-2-3-7-16(15)22(23)29)20(27)19(11-13)26-24-17-8-4-5-9-18(17)25(24)26;1-19(2,3)13-11-14(20(4,5)6)18(24)17(12-13)23-21-15-9-7-8-10-16(15)22(21)23;1-9-6-7-13(17)12(8-9)16-14-10-4-2-3-5-11(10)15(14)16/h11-14,16,18-19,36-37H,9-10,15,17H2,1-8H3;3-14,34-35H,15H2,1-2H3;2-11,27H,12H2,1H3;7-12,24H,1-6H3;2-8,17H,1H3. The second-order valence-electron chi connectivity index (χ2n) is 42.4. The van der Waals surface area contributed by atoms with Gasteiger partial charge in [-0.2, -0.15) is 0 Å². The van der Waals surface area contributed by atoms with Gasteiger partial charge in [0.2, 0.25) is 0 Å². The molecule has 142 heavy (non-hydrogen) atoms. The highest BCUT2D eigenvalue weighted by molar-refractivity contribution is 6.21. The number of rotatable bonds is 16. The predicted octanol–water partition coefficient (Wildman–Crippen LogP) is 23.0.